The molecule has 83 heavy (non-hydrogen) atoms. The molecule has 11 heteroatoms. The molecule has 0 N–H and O–H groups in total. The standard InChI is InChI=1S/C22H16N.C18H14N.C16H14N3.C16H12NO.4Pt/c1-22(2)19-16-9-5-3-7-14(16)11-12-18(19)21-20(22)17-10-6-4-8-15(17)13-23-21;1-18(2)15-8-5-11-19-17(15)14-10-9-12-6-3-4-7-13(12)16(14)18;1-16(2)11-5-4-8-17-14(11)10-6-7-12-15(13(10)16)19(3)9-18-12;1-16(2)12-4-3-8-17-15(12)11-5-6-13-10(14(11)16)7-9-18-13;;;;/h3-11,13H,1-2H3;3-9,11H,1-2H3;4-5,7-9H,1-3H3;3-4,6-9H,1-2H3;;;;/q4*-1;;;;. The molecule has 0 spiro atoms. The number of pyridine rings is 4. The zero-order valence-electron chi connectivity index (χ0n) is 47.1. The molecule has 6 aromatic heterocycles. The van der Waals surface area contributed by atoms with Crippen LogP contribution in [0.2, 0.25) is 0 Å². The second-order valence-electron chi connectivity index (χ2n) is 23.4. The Hall–Kier alpha value is -6.32. The molecular formula is C72H56N6OPt4-4. The van der Waals surface area contributed by atoms with Gasteiger partial charge in [0, 0.05) is 122 Å². The van der Waals surface area contributed by atoms with Gasteiger partial charge >= 0.3 is 0 Å². The third-order valence-electron chi connectivity index (χ3n) is 17.4. The van der Waals surface area contributed by atoms with Gasteiger partial charge in [0.15, 0.2) is 0 Å². The van der Waals surface area contributed by atoms with Gasteiger partial charge < -0.3 is 28.9 Å². The first-order chi connectivity index (χ1) is 38.2. The molecule has 0 aliphatic heterocycles. The minimum atomic E-state index is -0.0735. The summed E-state index contributed by atoms with van der Waals surface area (Å²) in [6.07, 6.45) is 11.2. The first-order valence-electron chi connectivity index (χ1n) is 27.1. The number of aryl methyl sites for hydroxylation is 1. The van der Waals surface area contributed by atoms with Crippen LogP contribution in [0.5, 0.6) is 0 Å². The normalized spacial score (nSPS) is 14.6. The van der Waals surface area contributed by atoms with E-state index in [0.29, 0.717) is 0 Å². The molecule has 17 rings (SSSR count). The Bertz CT molecular complexity index is 4580. The van der Waals surface area contributed by atoms with E-state index in [1.54, 1.807) is 6.26 Å². The maximum atomic E-state index is 5.48. The molecular weight excluding hydrogens is 1750 g/mol. The van der Waals surface area contributed by atoms with E-state index in [0.717, 1.165) is 50.6 Å². The summed E-state index contributed by atoms with van der Waals surface area (Å²) < 4.78 is 7.58. The molecule has 13 aromatic rings. The van der Waals surface area contributed by atoms with Crippen molar-refractivity contribution in [2.45, 2.75) is 77.0 Å². The zero-order chi connectivity index (χ0) is 54.2. The Balaban J connectivity index is 0.000000122. The van der Waals surface area contributed by atoms with E-state index in [2.05, 4.69) is 207 Å². The first kappa shape index (κ1) is 59.8. The number of imidazole rings is 1. The van der Waals surface area contributed by atoms with Crippen molar-refractivity contribution in [3.8, 4) is 45.0 Å². The number of furan rings is 1. The minimum absolute atomic E-state index is 0. The van der Waals surface area contributed by atoms with E-state index >= 15 is 0 Å². The molecule has 7 nitrogen and oxygen atoms in total. The predicted molar refractivity (Wildman–Crippen MR) is 319 cm³/mol. The molecule has 0 saturated heterocycles. The van der Waals surface area contributed by atoms with Crippen molar-refractivity contribution in [2.75, 3.05) is 0 Å². The molecule has 4 aliphatic rings. The summed E-state index contributed by atoms with van der Waals surface area (Å²) in [5.41, 5.74) is 22.2. The van der Waals surface area contributed by atoms with E-state index in [-0.39, 0.29) is 106 Å². The van der Waals surface area contributed by atoms with Gasteiger partial charge in [-0.1, -0.05) is 201 Å². The van der Waals surface area contributed by atoms with Gasteiger partial charge in [0.25, 0.3) is 0 Å². The summed E-state index contributed by atoms with van der Waals surface area (Å²) in [5.74, 6) is 0. The van der Waals surface area contributed by atoms with Crippen LogP contribution >= 0.6 is 0 Å². The maximum absolute atomic E-state index is 5.48. The van der Waals surface area contributed by atoms with Gasteiger partial charge in [-0.25, -0.2) is 0 Å². The molecule has 6 heterocycles. The molecule has 7 aromatic carbocycles. The van der Waals surface area contributed by atoms with Crippen molar-refractivity contribution in [1.82, 2.24) is 29.5 Å². The summed E-state index contributed by atoms with van der Waals surface area (Å²) in [7, 11) is 2.04. The van der Waals surface area contributed by atoms with Crippen LogP contribution in [0.1, 0.15) is 99.9 Å². The van der Waals surface area contributed by atoms with Crippen LogP contribution in [0.25, 0.3) is 99.3 Å². The van der Waals surface area contributed by atoms with Crippen molar-refractivity contribution in [1.29, 1.82) is 0 Å². The molecule has 0 radical (unpaired) electrons. The van der Waals surface area contributed by atoms with Crippen LogP contribution in [0.4, 0.5) is 0 Å². The monoisotopic (exact) mass is 1800 g/mol. The molecule has 424 valence electrons. The number of rotatable bonds is 0. The Kier molecular flexibility index (Phi) is 16.1. The van der Waals surface area contributed by atoms with Gasteiger partial charge in [-0.15, -0.1) is 87.5 Å². The van der Waals surface area contributed by atoms with Gasteiger partial charge in [0.1, 0.15) is 0 Å². The smallest absolute Gasteiger partial charge is 0.0833 e. The SMILES string of the molecule is CC1(C)c2c([c-]cc3ccccc23)-c2ncc3ccccc3c21.CC1(C)c2cccnc2-c2[c-]cc3ccccc3c21.CC1(C)c2cccnc2-c2[c-]cc3occc3c21.Cn1cnc2c[c-]c3c(c21)C(C)(C)c1cccnc1-3.[Pt].[Pt].[Pt].[Pt]. The predicted octanol–water partition coefficient (Wildman–Crippen LogP) is 16.8. The minimum Gasteiger partial charge on any atom is -0.508 e. The number of hydrogen-bond acceptors (Lipinski definition) is 6. The number of benzene rings is 7. The number of fused-ring (bicyclic) bond motifs is 22. The maximum Gasteiger partial charge on any atom is 0.0833 e. The second-order valence-corrected chi connectivity index (χ2v) is 23.4. The quantitative estimate of drug-likeness (QED) is 0.141. The van der Waals surface area contributed by atoms with Crippen LogP contribution < -0.4 is 0 Å². The first-order valence-corrected chi connectivity index (χ1v) is 27.1. The number of aromatic nitrogens is 6. The van der Waals surface area contributed by atoms with Crippen molar-refractivity contribution in [3.05, 3.63) is 246 Å². The molecule has 0 amide bonds. The average molecular weight is 1800 g/mol. The van der Waals surface area contributed by atoms with Crippen molar-refractivity contribution >= 4 is 54.3 Å². The summed E-state index contributed by atoms with van der Waals surface area (Å²) >= 11 is 0. The Labute approximate surface area is 542 Å². The summed E-state index contributed by atoms with van der Waals surface area (Å²) in [4.78, 5) is 22.9. The Morgan fingerprint density at radius 1 is 0.386 bits per heavy atom. The van der Waals surface area contributed by atoms with E-state index < -0.39 is 0 Å². The van der Waals surface area contributed by atoms with E-state index in [1.165, 1.54) is 93.3 Å². The fraction of sp³-hybridized carbons (Fsp3) is 0.181. The number of hydrogen-bond donors (Lipinski definition) is 0. The number of nitrogens with zero attached hydrogens (tertiary/aromatic N) is 6. The fourth-order valence-corrected chi connectivity index (χ4v) is 13.7. The Morgan fingerprint density at radius 3 is 1.35 bits per heavy atom. The molecule has 0 saturated carbocycles. The van der Waals surface area contributed by atoms with Crippen LogP contribution in [-0.4, -0.2) is 29.5 Å². The summed E-state index contributed by atoms with van der Waals surface area (Å²) in [6.45, 7) is 18.1. The molecule has 0 fully saturated rings. The van der Waals surface area contributed by atoms with Crippen LogP contribution in [-0.2, 0) is 113 Å². The molecule has 0 bridgehead atoms. The van der Waals surface area contributed by atoms with Gasteiger partial charge in [0.2, 0.25) is 0 Å². The van der Waals surface area contributed by atoms with Crippen molar-refractivity contribution in [3.63, 3.8) is 0 Å². The average Bonchev–Trinajstić information content (AvgIpc) is 3.45. The molecule has 0 atom stereocenters. The topological polar surface area (TPSA) is 82.5 Å². The third kappa shape index (κ3) is 9.17. The largest absolute Gasteiger partial charge is 0.508 e. The third-order valence-corrected chi connectivity index (χ3v) is 17.4. The zero-order valence-corrected chi connectivity index (χ0v) is 56.2. The van der Waals surface area contributed by atoms with Crippen LogP contribution in [0.15, 0.2) is 181 Å². The van der Waals surface area contributed by atoms with E-state index in [4.69, 9.17) is 9.40 Å². The van der Waals surface area contributed by atoms with Gasteiger partial charge in [-0.05, 0) is 85.0 Å². The van der Waals surface area contributed by atoms with Gasteiger partial charge in [-0.2, -0.15) is 0 Å². The van der Waals surface area contributed by atoms with E-state index in [9.17, 15) is 0 Å². The van der Waals surface area contributed by atoms with Gasteiger partial charge in [-0.3, -0.25) is 4.98 Å². The van der Waals surface area contributed by atoms with Crippen molar-refractivity contribution in [2.24, 2.45) is 7.05 Å². The van der Waals surface area contributed by atoms with Crippen LogP contribution in [0.3, 0.4) is 0 Å². The summed E-state index contributed by atoms with van der Waals surface area (Å²) in [5, 5.41) is 8.81. The van der Waals surface area contributed by atoms with Crippen LogP contribution in [0, 0.1) is 24.3 Å². The molecule has 4 aliphatic carbocycles. The fourth-order valence-electron chi connectivity index (χ4n) is 13.7. The van der Waals surface area contributed by atoms with Crippen molar-refractivity contribution < 1.29 is 88.7 Å². The Morgan fingerprint density at radius 2 is 0.807 bits per heavy atom. The van der Waals surface area contributed by atoms with E-state index in [1.807, 2.05) is 74.6 Å². The summed E-state index contributed by atoms with van der Waals surface area (Å²) in [6, 6.07) is 62.0. The second kappa shape index (κ2) is 22.3. The molecule has 0 unspecified atom stereocenters. The van der Waals surface area contributed by atoms with Gasteiger partial charge in [0.05, 0.1) is 18.2 Å².